The average molecular weight is 386 g/mol. The molecule has 2 rings (SSSR count). The third kappa shape index (κ3) is 3.57. The number of sulfonamides is 1. The lowest BCUT2D eigenvalue weighted by atomic mass is 10.2. The summed E-state index contributed by atoms with van der Waals surface area (Å²) in [5, 5.41) is 0. The molecule has 0 saturated carbocycles. The summed E-state index contributed by atoms with van der Waals surface area (Å²) in [6.07, 6.45) is 1.25. The molecule has 22 heavy (non-hydrogen) atoms. The molecule has 0 aliphatic carbocycles. The highest BCUT2D eigenvalue weighted by molar-refractivity contribution is 9.10. The van der Waals surface area contributed by atoms with Crippen LogP contribution in [0.3, 0.4) is 0 Å². The van der Waals surface area contributed by atoms with Crippen LogP contribution < -0.4 is 10.5 Å². The van der Waals surface area contributed by atoms with Crippen LogP contribution in [0.5, 0.6) is 5.75 Å². The van der Waals surface area contributed by atoms with Crippen LogP contribution in [0, 0.1) is 0 Å². The van der Waals surface area contributed by atoms with Gasteiger partial charge >= 0.3 is 0 Å². The first kappa shape index (κ1) is 16.7. The van der Waals surface area contributed by atoms with E-state index in [-0.39, 0.29) is 17.3 Å². The lowest BCUT2D eigenvalue weighted by molar-refractivity contribution is 0.414. The highest BCUT2D eigenvalue weighted by atomic mass is 79.9. The molecule has 1 heterocycles. The summed E-state index contributed by atoms with van der Waals surface area (Å²) in [7, 11) is -0.540. The van der Waals surface area contributed by atoms with Gasteiger partial charge in [-0.25, -0.2) is 13.4 Å². The molecule has 0 atom stereocenters. The minimum Gasteiger partial charge on any atom is -0.497 e. The molecule has 2 aromatic rings. The monoisotopic (exact) mass is 385 g/mol. The fraction of sp³-hybridized carbons (Fsp3) is 0.214. The van der Waals surface area contributed by atoms with Gasteiger partial charge in [0, 0.05) is 19.8 Å². The molecular formula is C14H16BrN3O3S. The number of anilines is 1. The summed E-state index contributed by atoms with van der Waals surface area (Å²) in [4.78, 5) is 3.95. The molecule has 2 N–H and O–H groups in total. The van der Waals surface area contributed by atoms with Crippen molar-refractivity contribution in [2.75, 3.05) is 19.9 Å². The van der Waals surface area contributed by atoms with Crippen molar-refractivity contribution in [1.82, 2.24) is 9.29 Å². The summed E-state index contributed by atoms with van der Waals surface area (Å²) < 4.78 is 31.8. The van der Waals surface area contributed by atoms with Gasteiger partial charge in [-0.05, 0) is 39.7 Å². The summed E-state index contributed by atoms with van der Waals surface area (Å²) in [5.74, 6) is 0.970. The third-order valence-electron chi connectivity index (χ3n) is 3.12. The summed E-state index contributed by atoms with van der Waals surface area (Å²) in [6, 6.07) is 8.67. The molecule has 0 aliphatic rings. The number of pyridine rings is 1. The molecule has 0 radical (unpaired) electrons. The van der Waals surface area contributed by atoms with Crippen molar-refractivity contribution < 1.29 is 13.2 Å². The van der Waals surface area contributed by atoms with Crippen molar-refractivity contribution in [3.05, 3.63) is 46.6 Å². The SMILES string of the molecule is COc1ccc(CN(C)S(=O)(=O)c2cnc(N)c(Br)c2)cc1. The van der Waals surface area contributed by atoms with Gasteiger partial charge in [0.2, 0.25) is 10.0 Å². The van der Waals surface area contributed by atoms with E-state index >= 15 is 0 Å². The largest absolute Gasteiger partial charge is 0.497 e. The topological polar surface area (TPSA) is 85.5 Å². The van der Waals surface area contributed by atoms with E-state index in [0.717, 1.165) is 11.3 Å². The Morgan fingerprint density at radius 3 is 2.50 bits per heavy atom. The Morgan fingerprint density at radius 2 is 1.95 bits per heavy atom. The zero-order valence-corrected chi connectivity index (χ0v) is 14.6. The lowest BCUT2D eigenvalue weighted by Gasteiger charge is -2.17. The average Bonchev–Trinajstić information content (AvgIpc) is 2.50. The molecule has 0 bridgehead atoms. The van der Waals surface area contributed by atoms with Crippen LogP contribution in [0.1, 0.15) is 5.56 Å². The molecule has 118 valence electrons. The van der Waals surface area contributed by atoms with Gasteiger partial charge in [0.25, 0.3) is 0 Å². The Labute approximate surface area is 138 Å². The Morgan fingerprint density at radius 1 is 1.32 bits per heavy atom. The maximum absolute atomic E-state index is 12.5. The van der Waals surface area contributed by atoms with Crippen molar-refractivity contribution in [3.63, 3.8) is 0 Å². The van der Waals surface area contributed by atoms with E-state index in [2.05, 4.69) is 20.9 Å². The molecular weight excluding hydrogens is 370 g/mol. The highest BCUT2D eigenvalue weighted by Crippen LogP contribution is 2.23. The predicted octanol–water partition coefficient (Wildman–Crippen LogP) is 2.26. The van der Waals surface area contributed by atoms with E-state index in [0.29, 0.717) is 4.47 Å². The van der Waals surface area contributed by atoms with E-state index in [1.807, 2.05) is 12.1 Å². The van der Waals surface area contributed by atoms with Crippen LogP contribution in [-0.4, -0.2) is 31.9 Å². The Kier molecular flexibility index (Phi) is 5.05. The number of hydrogen-bond acceptors (Lipinski definition) is 5. The van der Waals surface area contributed by atoms with Gasteiger partial charge in [-0.15, -0.1) is 0 Å². The van der Waals surface area contributed by atoms with E-state index in [1.54, 1.807) is 19.2 Å². The van der Waals surface area contributed by atoms with Crippen LogP contribution in [0.25, 0.3) is 0 Å². The van der Waals surface area contributed by atoms with Crippen molar-refractivity contribution >= 4 is 31.8 Å². The first-order valence-corrected chi connectivity index (χ1v) is 8.58. The third-order valence-corrected chi connectivity index (χ3v) is 5.52. The summed E-state index contributed by atoms with van der Waals surface area (Å²) in [6.45, 7) is 0.244. The molecule has 0 unspecified atom stereocenters. The fourth-order valence-corrected chi connectivity index (χ4v) is 3.46. The smallest absolute Gasteiger partial charge is 0.244 e. The fourth-order valence-electron chi connectivity index (χ4n) is 1.82. The molecule has 1 aromatic carbocycles. The minimum atomic E-state index is -3.64. The van der Waals surface area contributed by atoms with Crippen molar-refractivity contribution in [1.29, 1.82) is 0 Å². The quantitative estimate of drug-likeness (QED) is 0.852. The van der Waals surface area contributed by atoms with E-state index < -0.39 is 10.0 Å². The number of nitrogens with zero attached hydrogens (tertiary/aromatic N) is 2. The number of nitrogens with two attached hydrogens (primary N) is 1. The van der Waals surface area contributed by atoms with E-state index in [9.17, 15) is 8.42 Å². The second-order valence-corrected chi connectivity index (χ2v) is 7.55. The van der Waals surface area contributed by atoms with Crippen molar-refractivity contribution in [2.45, 2.75) is 11.4 Å². The first-order valence-electron chi connectivity index (χ1n) is 6.35. The normalized spacial score (nSPS) is 11.6. The second-order valence-electron chi connectivity index (χ2n) is 4.65. The highest BCUT2D eigenvalue weighted by Gasteiger charge is 2.22. The van der Waals surface area contributed by atoms with Crippen molar-refractivity contribution in [2.24, 2.45) is 0 Å². The molecule has 6 nitrogen and oxygen atoms in total. The van der Waals surface area contributed by atoms with Gasteiger partial charge in [-0.1, -0.05) is 12.1 Å². The van der Waals surface area contributed by atoms with Crippen molar-refractivity contribution in [3.8, 4) is 5.75 Å². The van der Waals surface area contributed by atoms with Crippen LogP contribution in [0.4, 0.5) is 5.82 Å². The number of hydrogen-bond donors (Lipinski definition) is 1. The zero-order valence-electron chi connectivity index (χ0n) is 12.2. The maximum atomic E-state index is 12.5. The molecule has 8 heteroatoms. The summed E-state index contributed by atoms with van der Waals surface area (Å²) >= 11 is 3.19. The molecule has 1 aromatic heterocycles. The van der Waals surface area contributed by atoms with Crippen LogP contribution >= 0.6 is 15.9 Å². The number of halogens is 1. The summed E-state index contributed by atoms with van der Waals surface area (Å²) in [5.41, 5.74) is 6.44. The van der Waals surface area contributed by atoms with E-state index in [1.165, 1.54) is 23.6 Å². The predicted molar refractivity (Wildman–Crippen MR) is 88.0 cm³/mol. The maximum Gasteiger partial charge on any atom is 0.244 e. The number of aromatic nitrogens is 1. The van der Waals surface area contributed by atoms with Gasteiger partial charge in [-0.3, -0.25) is 0 Å². The molecule has 0 fully saturated rings. The number of nitrogen functional groups attached to an aromatic ring is 1. The van der Waals surface area contributed by atoms with Gasteiger partial charge in [0.05, 0.1) is 11.6 Å². The van der Waals surface area contributed by atoms with Gasteiger partial charge in [0.15, 0.2) is 0 Å². The number of methoxy groups -OCH3 is 1. The van der Waals surface area contributed by atoms with Gasteiger partial charge in [-0.2, -0.15) is 4.31 Å². The molecule has 0 amide bonds. The van der Waals surface area contributed by atoms with Crippen LogP contribution in [-0.2, 0) is 16.6 Å². The lowest BCUT2D eigenvalue weighted by Crippen LogP contribution is -2.26. The molecule has 0 saturated heterocycles. The number of benzene rings is 1. The Bertz CT molecular complexity index is 763. The number of ether oxygens (including phenoxy) is 1. The van der Waals surface area contributed by atoms with Crippen LogP contribution in [0.2, 0.25) is 0 Å². The Balaban J connectivity index is 2.22. The molecule has 0 aliphatic heterocycles. The van der Waals surface area contributed by atoms with Gasteiger partial charge < -0.3 is 10.5 Å². The zero-order chi connectivity index (χ0) is 16.3. The van der Waals surface area contributed by atoms with E-state index in [4.69, 9.17) is 10.5 Å². The van der Waals surface area contributed by atoms with Crippen LogP contribution in [0.15, 0.2) is 45.9 Å². The first-order chi connectivity index (χ1) is 10.3. The minimum absolute atomic E-state index is 0.0876. The van der Waals surface area contributed by atoms with Gasteiger partial charge in [0.1, 0.15) is 16.5 Å². The standard InChI is InChI=1S/C14H16BrN3O3S/c1-18(9-10-3-5-11(21-2)6-4-10)22(19,20)12-7-13(15)14(16)17-8-12/h3-8H,9H2,1-2H3,(H2,16,17). The second kappa shape index (κ2) is 6.64. The Hall–Kier alpha value is -1.64. The molecule has 0 spiro atoms. The number of rotatable bonds is 5.